The summed E-state index contributed by atoms with van der Waals surface area (Å²) >= 11 is 5.19. The van der Waals surface area contributed by atoms with E-state index in [0.717, 1.165) is 22.4 Å². The Balaban J connectivity index is 2.14. The molecule has 0 saturated carbocycles. The fraction of sp³-hybridized carbons (Fsp3) is 0.615. The quantitative estimate of drug-likeness (QED) is 0.834. The predicted molar refractivity (Wildman–Crippen MR) is 77.6 cm³/mol. The number of aryl methyl sites for hydroxylation is 1. The summed E-state index contributed by atoms with van der Waals surface area (Å²) < 4.78 is 6.40. The van der Waals surface area contributed by atoms with Crippen molar-refractivity contribution in [2.75, 3.05) is 0 Å². The standard InChI is InChI=1S/C13H18BrNO2S/c1-13(2,3)15-12(16)17-10-8-6-4-5-7-9(8)18-11(10)14/h4-7H2,1-3H3,(H,15,16). The summed E-state index contributed by atoms with van der Waals surface area (Å²) in [5, 5.41) is 2.81. The minimum Gasteiger partial charge on any atom is -0.408 e. The van der Waals surface area contributed by atoms with Crippen molar-refractivity contribution in [1.82, 2.24) is 5.32 Å². The Morgan fingerprint density at radius 2 is 2.00 bits per heavy atom. The van der Waals surface area contributed by atoms with Crippen LogP contribution in [-0.2, 0) is 12.8 Å². The van der Waals surface area contributed by atoms with Crippen molar-refractivity contribution in [2.45, 2.75) is 52.0 Å². The van der Waals surface area contributed by atoms with Gasteiger partial charge in [0.2, 0.25) is 0 Å². The van der Waals surface area contributed by atoms with E-state index < -0.39 is 0 Å². The van der Waals surface area contributed by atoms with Crippen LogP contribution in [0.5, 0.6) is 5.75 Å². The number of halogens is 1. The molecule has 1 aromatic rings. The largest absolute Gasteiger partial charge is 0.413 e. The van der Waals surface area contributed by atoms with Crippen LogP contribution in [0.2, 0.25) is 0 Å². The summed E-state index contributed by atoms with van der Waals surface area (Å²) in [4.78, 5) is 13.2. The molecule has 1 aliphatic carbocycles. The van der Waals surface area contributed by atoms with Crippen molar-refractivity contribution < 1.29 is 9.53 Å². The van der Waals surface area contributed by atoms with E-state index in [1.807, 2.05) is 20.8 Å². The highest BCUT2D eigenvalue weighted by Gasteiger charge is 2.24. The van der Waals surface area contributed by atoms with Gasteiger partial charge in [0.15, 0.2) is 5.75 Å². The van der Waals surface area contributed by atoms with E-state index in [1.54, 1.807) is 11.3 Å². The lowest BCUT2D eigenvalue weighted by Crippen LogP contribution is -2.42. The Labute approximate surface area is 120 Å². The number of ether oxygens (including phenoxy) is 1. The van der Waals surface area contributed by atoms with Gasteiger partial charge < -0.3 is 10.1 Å². The van der Waals surface area contributed by atoms with Crippen LogP contribution in [0.3, 0.4) is 0 Å². The van der Waals surface area contributed by atoms with Crippen LogP contribution in [0.1, 0.15) is 44.1 Å². The molecule has 1 aliphatic rings. The smallest absolute Gasteiger partial charge is 0.408 e. The Bertz CT molecular complexity index is 462. The first-order valence-electron chi connectivity index (χ1n) is 6.17. The molecule has 100 valence electrons. The minimum absolute atomic E-state index is 0.278. The molecule has 0 atom stereocenters. The second-order valence-electron chi connectivity index (χ2n) is 5.58. The maximum atomic E-state index is 11.8. The molecule has 1 N–H and O–H groups in total. The third-order valence-electron chi connectivity index (χ3n) is 2.75. The average Bonchev–Trinajstić information content (AvgIpc) is 2.53. The van der Waals surface area contributed by atoms with Crippen LogP contribution in [0.25, 0.3) is 0 Å². The van der Waals surface area contributed by atoms with Crippen LogP contribution < -0.4 is 10.1 Å². The van der Waals surface area contributed by atoms with Gasteiger partial charge in [0.1, 0.15) is 3.79 Å². The number of hydrogen-bond donors (Lipinski definition) is 1. The minimum atomic E-state index is -0.380. The molecule has 1 aromatic heterocycles. The first-order valence-corrected chi connectivity index (χ1v) is 7.78. The third kappa shape index (κ3) is 3.26. The summed E-state index contributed by atoms with van der Waals surface area (Å²) in [5.41, 5.74) is 0.932. The van der Waals surface area contributed by atoms with Gasteiger partial charge in [-0.15, -0.1) is 11.3 Å². The summed E-state index contributed by atoms with van der Waals surface area (Å²) in [6.07, 6.45) is 4.13. The van der Waals surface area contributed by atoms with Crippen LogP contribution in [0.15, 0.2) is 3.79 Å². The molecule has 0 saturated heterocycles. The van der Waals surface area contributed by atoms with E-state index in [-0.39, 0.29) is 11.6 Å². The van der Waals surface area contributed by atoms with Gasteiger partial charge in [-0.1, -0.05) is 0 Å². The maximum absolute atomic E-state index is 11.8. The highest BCUT2D eigenvalue weighted by Crippen LogP contribution is 2.43. The molecule has 1 amide bonds. The topological polar surface area (TPSA) is 38.3 Å². The van der Waals surface area contributed by atoms with E-state index in [1.165, 1.54) is 23.3 Å². The number of amides is 1. The number of carbonyl (C=O) groups excluding carboxylic acids is 1. The zero-order valence-electron chi connectivity index (χ0n) is 10.9. The number of rotatable bonds is 1. The van der Waals surface area contributed by atoms with Crippen LogP contribution in [0.4, 0.5) is 4.79 Å². The van der Waals surface area contributed by atoms with Gasteiger partial charge >= 0.3 is 6.09 Å². The molecule has 1 heterocycles. The Morgan fingerprint density at radius 1 is 1.33 bits per heavy atom. The number of nitrogens with one attached hydrogen (secondary N) is 1. The zero-order valence-corrected chi connectivity index (χ0v) is 13.3. The fourth-order valence-corrected chi connectivity index (χ4v) is 3.97. The van der Waals surface area contributed by atoms with Gasteiger partial charge in [-0.2, -0.15) is 0 Å². The molecule has 0 aliphatic heterocycles. The van der Waals surface area contributed by atoms with Crippen LogP contribution in [0, 0.1) is 0 Å². The van der Waals surface area contributed by atoms with E-state index in [2.05, 4.69) is 21.2 Å². The Kier molecular flexibility index (Phi) is 4.02. The first-order chi connectivity index (χ1) is 8.37. The van der Waals surface area contributed by atoms with Gasteiger partial charge in [-0.3, -0.25) is 0 Å². The van der Waals surface area contributed by atoms with Gasteiger partial charge in [0.05, 0.1) is 0 Å². The van der Waals surface area contributed by atoms with E-state index in [9.17, 15) is 4.79 Å². The highest BCUT2D eigenvalue weighted by molar-refractivity contribution is 9.11. The number of hydrogen-bond acceptors (Lipinski definition) is 3. The van der Waals surface area contributed by atoms with Crippen LogP contribution >= 0.6 is 27.3 Å². The zero-order chi connectivity index (χ0) is 13.3. The highest BCUT2D eigenvalue weighted by atomic mass is 79.9. The second-order valence-corrected chi connectivity index (χ2v) is 8.00. The Morgan fingerprint density at radius 3 is 2.67 bits per heavy atom. The molecule has 0 aromatic carbocycles. The summed E-state index contributed by atoms with van der Waals surface area (Å²) in [6.45, 7) is 5.81. The molecule has 0 unspecified atom stereocenters. The molecule has 0 bridgehead atoms. The van der Waals surface area contributed by atoms with Crippen LogP contribution in [-0.4, -0.2) is 11.6 Å². The summed E-state index contributed by atoms with van der Waals surface area (Å²) in [5.74, 6) is 0.719. The molecule has 0 fully saturated rings. The monoisotopic (exact) mass is 331 g/mol. The van der Waals surface area contributed by atoms with E-state index >= 15 is 0 Å². The molecule has 0 spiro atoms. The molecule has 3 nitrogen and oxygen atoms in total. The molecular weight excluding hydrogens is 314 g/mol. The maximum Gasteiger partial charge on any atom is 0.413 e. The molecule has 0 radical (unpaired) electrons. The first kappa shape index (κ1) is 13.9. The fourth-order valence-electron chi connectivity index (χ4n) is 2.03. The normalized spacial score (nSPS) is 15.1. The van der Waals surface area contributed by atoms with Gasteiger partial charge in [0.25, 0.3) is 0 Å². The van der Waals surface area contributed by atoms with Crippen molar-refractivity contribution in [2.24, 2.45) is 0 Å². The Hall–Kier alpha value is -0.550. The van der Waals surface area contributed by atoms with Gasteiger partial charge in [-0.05, 0) is 62.4 Å². The van der Waals surface area contributed by atoms with E-state index in [0.29, 0.717) is 0 Å². The van der Waals surface area contributed by atoms with Crippen molar-refractivity contribution in [3.63, 3.8) is 0 Å². The summed E-state index contributed by atoms with van der Waals surface area (Å²) in [6, 6.07) is 0. The SMILES string of the molecule is CC(C)(C)NC(=O)Oc1c(Br)sc2c1CCCC2. The number of thiophene rings is 1. The second kappa shape index (κ2) is 5.21. The molecule has 5 heteroatoms. The third-order valence-corrected chi connectivity index (χ3v) is 4.66. The van der Waals surface area contributed by atoms with Gasteiger partial charge in [-0.25, -0.2) is 4.79 Å². The van der Waals surface area contributed by atoms with Crippen molar-refractivity contribution in [1.29, 1.82) is 0 Å². The van der Waals surface area contributed by atoms with Crippen molar-refractivity contribution in [3.8, 4) is 5.75 Å². The number of carbonyl (C=O) groups is 1. The predicted octanol–water partition coefficient (Wildman–Crippen LogP) is 4.28. The molecular formula is C13H18BrNO2S. The van der Waals surface area contributed by atoms with Gasteiger partial charge in [0, 0.05) is 16.0 Å². The lowest BCUT2D eigenvalue weighted by Gasteiger charge is -2.20. The van der Waals surface area contributed by atoms with Crippen molar-refractivity contribution >= 4 is 33.4 Å². The lowest BCUT2D eigenvalue weighted by atomic mass is 9.99. The lowest BCUT2D eigenvalue weighted by molar-refractivity contribution is 0.190. The average molecular weight is 332 g/mol. The van der Waals surface area contributed by atoms with E-state index in [4.69, 9.17) is 4.74 Å². The molecule has 18 heavy (non-hydrogen) atoms. The summed E-state index contributed by atoms with van der Waals surface area (Å²) in [7, 11) is 0. The number of fused-ring (bicyclic) bond motifs is 1. The molecule has 2 rings (SSSR count). The van der Waals surface area contributed by atoms with Crippen molar-refractivity contribution in [3.05, 3.63) is 14.2 Å².